The quantitative estimate of drug-likeness (QED) is 0.267. The highest BCUT2D eigenvalue weighted by molar-refractivity contribution is 6.33. The molecule has 0 aliphatic carbocycles. The lowest BCUT2D eigenvalue weighted by atomic mass is 9.99. The van der Waals surface area contributed by atoms with Gasteiger partial charge in [0, 0.05) is 17.5 Å². The molecule has 0 aromatic heterocycles. The molecular weight excluding hydrogens is 499 g/mol. The molecular formula is C26H21ClF3NO5. The molecule has 1 atom stereocenters. The van der Waals surface area contributed by atoms with E-state index >= 15 is 0 Å². The molecule has 0 aliphatic rings. The molecule has 0 saturated carbocycles. The van der Waals surface area contributed by atoms with E-state index in [-0.39, 0.29) is 16.3 Å². The van der Waals surface area contributed by atoms with Crippen molar-refractivity contribution in [3.05, 3.63) is 94.5 Å². The number of esters is 1. The van der Waals surface area contributed by atoms with Crippen molar-refractivity contribution in [3.63, 3.8) is 0 Å². The first-order valence-electron chi connectivity index (χ1n) is 10.7. The van der Waals surface area contributed by atoms with Crippen molar-refractivity contribution in [2.24, 2.45) is 0 Å². The van der Waals surface area contributed by atoms with Gasteiger partial charge in [0.25, 0.3) is 0 Å². The van der Waals surface area contributed by atoms with E-state index in [0.29, 0.717) is 17.4 Å². The molecule has 0 aliphatic heterocycles. The Morgan fingerprint density at radius 1 is 0.944 bits per heavy atom. The predicted octanol–water partition coefficient (Wildman–Crippen LogP) is 6.25. The minimum atomic E-state index is -4.61. The Bertz CT molecular complexity index is 1230. The summed E-state index contributed by atoms with van der Waals surface area (Å²) in [5.41, 5.74) is -0.493. The summed E-state index contributed by atoms with van der Waals surface area (Å²) in [6.07, 6.45) is -6.68. The van der Waals surface area contributed by atoms with Gasteiger partial charge in [0.05, 0.1) is 29.8 Å². The van der Waals surface area contributed by atoms with Gasteiger partial charge in [0.2, 0.25) is 11.7 Å². The Labute approximate surface area is 210 Å². The molecule has 0 bridgehead atoms. The number of hydrogen-bond acceptors (Lipinski definition) is 5. The van der Waals surface area contributed by atoms with E-state index in [0.717, 1.165) is 12.1 Å². The Morgan fingerprint density at radius 3 is 2.22 bits per heavy atom. The molecule has 0 unspecified atom stereocenters. The first-order chi connectivity index (χ1) is 17.1. The lowest BCUT2D eigenvalue weighted by Crippen LogP contribution is -2.21. The largest absolute Gasteiger partial charge is 0.497 e. The summed E-state index contributed by atoms with van der Waals surface area (Å²) in [5, 5.41) is 2.18. The normalized spacial score (nSPS) is 11.9. The monoisotopic (exact) mass is 519 g/mol. The highest BCUT2D eigenvalue weighted by Gasteiger charge is 2.31. The second-order valence-electron chi connectivity index (χ2n) is 7.61. The van der Waals surface area contributed by atoms with Crippen molar-refractivity contribution in [3.8, 4) is 5.75 Å². The maximum absolute atomic E-state index is 13.1. The number of amides is 1. The van der Waals surface area contributed by atoms with Crippen molar-refractivity contribution >= 4 is 34.9 Å². The van der Waals surface area contributed by atoms with E-state index in [1.54, 1.807) is 42.5 Å². The number of Topliss-reactive ketones (excluding diaryl/α,β-unsaturated/α-hetero) is 1. The molecule has 0 spiro atoms. The third kappa shape index (κ3) is 7.08. The highest BCUT2D eigenvalue weighted by atomic mass is 35.5. The fourth-order valence-corrected chi connectivity index (χ4v) is 3.39. The van der Waals surface area contributed by atoms with Crippen LogP contribution in [0.15, 0.2) is 72.8 Å². The van der Waals surface area contributed by atoms with E-state index in [2.05, 4.69) is 5.32 Å². The average molecular weight is 520 g/mol. The SMILES string of the molecule is COc1ccc(C(=O)[C@@H](OC(=O)CCC(=O)Nc2cc(C(F)(F)F)ccc2Cl)c2ccccc2)cc1. The van der Waals surface area contributed by atoms with Crippen LogP contribution in [-0.4, -0.2) is 24.8 Å². The van der Waals surface area contributed by atoms with Gasteiger partial charge in [-0.05, 0) is 42.5 Å². The van der Waals surface area contributed by atoms with Crippen molar-refractivity contribution in [1.82, 2.24) is 0 Å². The Hall–Kier alpha value is -3.85. The van der Waals surface area contributed by atoms with Crippen LogP contribution in [0.2, 0.25) is 5.02 Å². The number of benzene rings is 3. The smallest absolute Gasteiger partial charge is 0.416 e. The lowest BCUT2D eigenvalue weighted by molar-refractivity contribution is -0.148. The van der Waals surface area contributed by atoms with Crippen molar-refractivity contribution in [2.45, 2.75) is 25.1 Å². The van der Waals surface area contributed by atoms with E-state index in [1.165, 1.54) is 19.2 Å². The molecule has 10 heteroatoms. The zero-order valence-electron chi connectivity index (χ0n) is 19.0. The lowest BCUT2D eigenvalue weighted by Gasteiger charge is -2.18. The third-order valence-electron chi connectivity index (χ3n) is 5.09. The van der Waals surface area contributed by atoms with Crippen LogP contribution in [0, 0.1) is 0 Å². The van der Waals surface area contributed by atoms with E-state index < -0.39 is 48.3 Å². The molecule has 6 nitrogen and oxygen atoms in total. The highest BCUT2D eigenvalue weighted by Crippen LogP contribution is 2.34. The van der Waals surface area contributed by atoms with Crippen molar-refractivity contribution in [1.29, 1.82) is 0 Å². The second-order valence-corrected chi connectivity index (χ2v) is 8.02. The third-order valence-corrected chi connectivity index (χ3v) is 5.42. The van der Waals surface area contributed by atoms with E-state index in [4.69, 9.17) is 21.1 Å². The molecule has 3 rings (SSSR count). The van der Waals surface area contributed by atoms with Crippen molar-refractivity contribution < 1.29 is 37.0 Å². The maximum atomic E-state index is 13.1. The summed E-state index contributed by atoms with van der Waals surface area (Å²) in [6, 6.07) is 17.1. The van der Waals surface area contributed by atoms with Crippen LogP contribution in [0.5, 0.6) is 5.75 Å². The first kappa shape index (κ1) is 26.7. The minimum absolute atomic E-state index is 0.0897. The average Bonchev–Trinajstić information content (AvgIpc) is 2.87. The van der Waals surface area contributed by atoms with Gasteiger partial charge in [0.1, 0.15) is 5.75 Å². The van der Waals surface area contributed by atoms with Crippen LogP contribution in [0.4, 0.5) is 18.9 Å². The van der Waals surface area contributed by atoms with E-state index in [9.17, 15) is 27.6 Å². The van der Waals surface area contributed by atoms with Gasteiger partial charge in [-0.15, -0.1) is 0 Å². The first-order valence-corrected chi connectivity index (χ1v) is 11.1. The molecule has 0 heterocycles. The number of ketones is 1. The number of rotatable bonds is 9. The maximum Gasteiger partial charge on any atom is 0.416 e. The summed E-state index contributed by atoms with van der Waals surface area (Å²) in [4.78, 5) is 37.9. The molecule has 0 saturated heterocycles. The molecule has 0 radical (unpaired) electrons. The number of halogens is 4. The summed E-state index contributed by atoms with van der Waals surface area (Å²) in [6.45, 7) is 0. The number of carbonyl (C=O) groups is 3. The Morgan fingerprint density at radius 2 is 1.61 bits per heavy atom. The van der Waals surface area contributed by atoms with Crippen LogP contribution in [0.3, 0.4) is 0 Å². The molecule has 1 amide bonds. The van der Waals surface area contributed by atoms with Gasteiger partial charge < -0.3 is 14.8 Å². The van der Waals surface area contributed by atoms with Crippen LogP contribution in [-0.2, 0) is 20.5 Å². The van der Waals surface area contributed by atoms with Crippen LogP contribution in [0.1, 0.15) is 40.4 Å². The molecule has 1 N–H and O–H groups in total. The Balaban J connectivity index is 1.67. The van der Waals surface area contributed by atoms with Crippen molar-refractivity contribution in [2.75, 3.05) is 12.4 Å². The summed E-state index contributed by atoms with van der Waals surface area (Å²) in [7, 11) is 1.49. The molecule has 188 valence electrons. The standard InChI is InChI=1S/C26H21ClF3NO5/c1-35-19-10-7-16(8-11-19)24(34)25(17-5-3-2-4-6-17)36-23(33)14-13-22(32)31-21-15-18(26(28,29)30)9-12-20(21)27/h2-12,15,25H,13-14H2,1H3,(H,31,32)/t25-/m0/s1. The number of alkyl halides is 3. The van der Waals surface area contributed by atoms with Gasteiger partial charge in [-0.1, -0.05) is 41.9 Å². The second kappa shape index (κ2) is 11.7. The summed E-state index contributed by atoms with van der Waals surface area (Å²) < 4.78 is 49.3. The van der Waals surface area contributed by atoms with Gasteiger partial charge in [-0.2, -0.15) is 13.2 Å². The Kier molecular flexibility index (Phi) is 8.71. The number of ether oxygens (including phenoxy) is 2. The van der Waals surface area contributed by atoms with Crippen LogP contribution >= 0.6 is 11.6 Å². The summed E-state index contributed by atoms with van der Waals surface area (Å²) in [5.74, 6) is -1.51. The fraction of sp³-hybridized carbons (Fsp3) is 0.192. The zero-order chi connectivity index (χ0) is 26.3. The molecule has 36 heavy (non-hydrogen) atoms. The molecule has 3 aromatic carbocycles. The van der Waals surface area contributed by atoms with Crippen LogP contribution < -0.4 is 10.1 Å². The predicted molar refractivity (Wildman–Crippen MR) is 127 cm³/mol. The van der Waals surface area contributed by atoms with Crippen LogP contribution in [0.25, 0.3) is 0 Å². The van der Waals surface area contributed by atoms with E-state index in [1.807, 2.05) is 0 Å². The van der Waals surface area contributed by atoms with Gasteiger partial charge in [-0.25, -0.2) is 0 Å². The summed E-state index contributed by atoms with van der Waals surface area (Å²) >= 11 is 5.88. The molecule has 3 aromatic rings. The number of methoxy groups -OCH3 is 1. The number of carbonyl (C=O) groups excluding carboxylic acids is 3. The number of nitrogens with one attached hydrogen (secondary N) is 1. The topological polar surface area (TPSA) is 81.7 Å². The number of anilines is 1. The van der Waals surface area contributed by atoms with Gasteiger partial charge in [0.15, 0.2) is 6.10 Å². The zero-order valence-corrected chi connectivity index (χ0v) is 19.7. The minimum Gasteiger partial charge on any atom is -0.497 e. The molecule has 0 fully saturated rings. The van der Waals surface area contributed by atoms with Gasteiger partial charge in [-0.3, -0.25) is 14.4 Å². The number of hydrogen-bond donors (Lipinski definition) is 1. The fourth-order valence-electron chi connectivity index (χ4n) is 3.22. The van der Waals surface area contributed by atoms with Gasteiger partial charge >= 0.3 is 12.1 Å².